The topological polar surface area (TPSA) is 37.3 Å². The van der Waals surface area contributed by atoms with Crippen LogP contribution in [-0.2, 0) is 4.79 Å². The van der Waals surface area contributed by atoms with Crippen molar-refractivity contribution in [2.45, 2.75) is 38.5 Å². The molecule has 0 unspecified atom stereocenters. The molecular formula is C10H15IO2. The van der Waals surface area contributed by atoms with E-state index in [2.05, 4.69) is 0 Å². The van der Waals surface area contributed by atoms with Crippen LogP contribution in [0.3, 0.4) is 0 Å². The van der Waals surface area contributed by atoms with Crippen molar-refractivity contribution >= 4 is 28.6 Å². The summed E-state index contributed by atoms with van der Waals surface area (Å²) in [5.41, 5.74) is 0. The van der Waals surface area contributed by atoms with Crippen molar-refractivity contribution in [2.24, 2.45) is 5.92 Å². The Morgan fingerprint density at radius 2 is 1.77 bits per heavy atom. The lowest BCUT2D eigenvalue weighted by Crippen LogP contribution is -1.99. The van der Waals surface area contributed by atoms with Gasteiger partial charge in [0.25, 0.3) is 0 Å². The average Bonchev–Trinajstić information content (AvgIpc) is 2.32. The molecule has 0 radical (unpaired) electrons. The molecule has 1 rings (SSSR count). The monoisotopic (exact) mass is 294 g/mol. The van der Waals surface area contributed by atoms with Crippen LogP contribution < -0.4 is 0 Å². The number of carbonyl (C=O) groups is 1. The number of hydrogen-bond acceptors (Lipinski definition) is 1. The third-order valence-corrected chi connectivity index (χ3v) is 3.31. The highest BCUT2D eigenvalue weighted by atomic mass is 127. The van der Waals surface area contributed by atoms with E-state index in [0.717, 1.165) is 0 Å². The lowest BCUT2D eigenvalue weighted by atomic mass is 10.00. The fraction of sp³-hybridized carbons (Fsp3) is 0.700. The maximum absolute atomic E-state index is 10.6. The smallest absolute Gasteiger partial charge is 0.341 e. The van der Waals surface area contributed by atoms with Gasteiger partial charge in [-0.15, -0.1) is 0 Å². The summed E-state index contributed by atoms with van der Waals surface area (Å²) in [4.78, 5) is 10.6. The molecule has 0 spiro atoms. The maximum atomic E-state index is 10.6. The molecule has 0 aromatic carbocycles. The zero-order valence-electron chi connectivity index (χ0n) is 7.63. The molecule has 1 aliphatic carbocycles. The van der Waals surface area contributed by atoms with Crippen LogP contribution >= 0.6 is 22.6 Å². The Morgan fingerprint density at radius 1 is 1.23 bits per heavy atom. The first-order valence-electron chi connectivity index (χ1n) is 4.81. The summed E-state index contributed by atoms with van der Waals surface area (Å²) in [5.74, 6) is -0.282. The highest BCUT2D eigenvalue weighted by Crippen LogP contribution is 2.25. The highest BCUT2D eigenvalue weighted by molar-refractivity contribution is 14.1. The Labute approximate surface area is 92.5 Å². The first-order valence-corrected chi connectivity index (χ1v) is 5.88. The minimum atomic E-state index is -0.787. The lowest BCUT2D eigenvalue weighted by Gasteiger charge is -2.07. The van der Waals surface area contributed by atoms with Gasteiger partial charge in [0.1, 0.15) is 0 Å². The molecule has 0 heterocycles. The second-order valence-electron chi connectivity index (χ2n) is 3.57. The molecule has 0 atom stereocenters. The van der Waals surface area contributed by atoms with E-state index >= 15 is 0 Å². The molecule has 3 heteroatoms. The molecule has 0 bridgehead atoms. The van der Waals surface area contributed by atoms with Crippen LogP contribution in [0.2, 0.25) is 0 Å². The van der Waals surface area contributed by atoms with E-state index in [9.17, 15) is 4.79 Å². The van der Waals surface area contributed by atoms with E-state index < -0.39 is 5.97 Å². The quantitative estimate of drug-likeness (QED) is 0.482. The van der Waals surface area contributed by atoms with Crippen molar-refractivity contribution in [1.29, 1.82) is 0 Å². The van der Waals surface area contributed by atoms with Gasteiger partial charge in [-0.1, -0.05) is 31.8 Å². The first-order chi connectivity index (χ1) is 6.20. The molecule has 0 aromatic heterocycles. The Balaban J connectivity index is 2.50. The molecule has 2 nitrogen and oxygen atoms in total. The largest absolute Gasteiger partial charge is 0.477 e. The maximum Gasteiger partial charge on any atom is 0.341 e. The molecule has 0 aliphatic heterocycles. The fourth-order valence-corrected chi connectivity index (χ4v) is 2.26. The van der Waals surface area contributed by atoms with Crippen LogP contribution in [0.15, 0.2) is 9.66 Å². The zero-order valence-corrected chi connectivity index (χ0v) is 9.79. The van der Waals surface area contributed by atoms with Gasteiger partial charge in [0.15, 0.2) is 0 Å². The Hall–Kier alpha value is -0.0600. The van der Waals surface area contributed by atoms with Crippen molar-refractivity contribution in [2.75, 3.05) is 0 Å². The van der Waals surface area contributed by atoms with Crippen LogP contribution in [-0.4, -0.2) is 11.1 Å². The molecule has 1 saturated carbocycles. The molecular weight excluding hydrogens is 279 g/mol. The van der Waals surface area contributed by atoms with E-state index in [-0.39, 0.29) is 0 Å². The van der Waals surface area contributed by atoms with Gasteiger partial charge in [-0.3, -0.25) is 0 Å². The van der Waals surface area contributed by atoms with Crippen LogP contribution in [0.5, 0.6) is 0 Å². The summed E-state index contributed by atoms with van der Waals surface area (Å²) < 4.78 is 0.476. The highest BCUT2D eigenvalue weighted by Gasteiger charge is 2.12. The van der Waals surface area contributed by atoms with E-state index in [1.165, 1.54) is 38.5 Å². The number of allylic oxidation sites excluding steroid dienone is 1. The van der Waals surface area contributed by atoms with Gasteiger partial charge >= 0.3 is 5.97 Å². The molecule has 1 N–H and O–H groups in total. The fourth-order valence-electron chi connectivity index (χ4n) is 1.76. The molecule has 0 saturated heterocycles. The second-order valence-corrected chi connectivity index (χ2v) is 4.73. The molecule has 1 aliphatic rings. The number of aliphatic carboxylic acids is 1. The van der Waals surface area contributed by atoms with Gasteiger partial charge in [-0.05, 0) is 41.4 Å². The number of carboxylic acids is 1. The van der Waals surface area contributed by atoms with E-state index in [1.807, 2.05) is 28.7 Å². The summed E-state index contributed by atoms with van der Waals surface area (Å²) in [6.45, 7) is 0. The van der Waals surface area contributed by atoms with Crippen molar-refractivity contribution in [3.8, 4) is 0 Å². The summed E-state index contributed by atoms with van der Waals surface area (Å²) in [7, 11) is 0. The van der Waals surface area contributed by atoms with Crippen molar-refractivity contribution in [3.63, 3.8) is 0 Å². The zero-order chi connectivity index (χ0) is 9.68. The van der Waals surface area contributed by atoms with Gasteiger partial charge in [0.2, 0.25) is 0 Å². The summed E-state index contributed by atoms with van der Waals surface area (Å²) in [6, 6.07) is 0. The number of rotatable bonds is 2. The Morgan fingerprint density at radius 3 is 2.23 bits per heavy atom. The summed E-state index contributed by atoms with van der Waals surface area (Å²) in [6.07, 6.45) is 9.39. The third kappa shape index (κ3) is 4.11. The number of hydrogen-bond donors (Lipinski definition) is 1. The van der Waals surface area contributed by atoms with Gasteiger partial charge < -0.3 is 5.11 Å². The minimum absolute atomic E-state index is 0.476. The van der Waals surface area contributed by atoms with Gasteiger partial charge in [-0.25, -0.2) is 4.79 Å². The number of carboxylic acid groups (broad SMARTS) is 1. The molecule has 13 heavy (non-hydrogen) atoms. The minimum Gasteiger partial charge on any atom is -0.477 e. The van der Waals surface area contributed by atoms with Crippen molar-refractivity contribution in [3.05, 3.63) is 9.66 Å². The van der Waals surface area contributed by atoms with Gasteiger partial charge in [-0.2, -0.15) is 0 Å². The van der Waals surface area contributed by atoms with Crippen molar-refractivity contribution < 1.29 is 9.90 Å². The summed E-state index contributed by atoms with van der Waals surface area (Å²) in [5, 5.41) is 8.71. The Bertz CT molecular complexity index is 203. The predicted octanol–water partition coefficient (Wildman–Crippen LogP) is 3.36. The van der Waals surface area contributed by atoms with Gasteiger partial charge in [0, 0.05) is 0 Å². The second kappa shape index (κ2) is 5.62. The SMILES string of the molecule is O=C(O)/C(I)=C\C1CCCCCC1. The van der Waals surface area contributed by atoms with E-state index in [1.54, 1.807) is 0 Å². The lowest BCUT2D eigenvalue weighted by molar-refractivity contribution is -0.131. The van der Waals surface area contributed by atoms with E-state index in [4.69, 9.17) is 5.11 Å². The average molecular weight is 294 g/mol. The molecule has 74 valence electrons. The van der Waals surface area contributed by atoms with Crippen molar-refractivity contribution in [1.82, 2.24) is 0 Å². The molecule has 0 amide bonds. The van der Waals surface area contributed by atoms with Gasteiger partial charge in [0.05, 0.1) is 3.58 Å². The Kier molecular flexibility index (Phi) is 4.77. The third-order valence-electron chi connectivity index (χ3n) is 2.49. The van der Waals surface area contributed by atoms with Crippen LogP contribution in [0, 0.1) is 5.92 Å². The predicted molar refractivity (Wildman–Crippen MR) is 60.9 cm³/mol. The first kappa shape index (κ1) is 11.0. The standard InChI is InChI=1S/C10H15IO2/c11-9(10(12)13)7-8-5-3-1-2-4-6-8/h7-8H,1-6H2,(H,12,13)/b9-7+. The molecule has 1 fully saturated rings. The summed E-state index contributed by atoms with van der Waals surface area (Å²) >= 11 is 1.91. The normalized spacial score (nSPS) is 21.2. The molecule has 0 aromatic rings. The number of halogens is 1. The van der Waals surface area contributed by atoms with E-state index in [0.29, 0.717) is 9.50 Å². The van der Waals surface area contributed by atoms with Crippen LogP contribution in [0.4, 0.5) is 0 Å². The van der Waals surface area contributed by atoms with Crippen LogP contribution in [0.25, 0.3) is 0 Å². The van der Waals surface area contributed by atoms with Crippen LogP contribution in [0.1, 0.15) is 38.5 Å².